The van der Waals surface area contributed by atoms with E-state index in [1.807, 2.05) is 29.2 Å². The predicted molar refractivity (Wildman–Crippen MR) is 151 cm³/mol. The lowest BCUT2D eigenvalue weighted by Gasteiger charge is -2.36. The topological polar surface area (TPSA) is 57.6 Å². The molecule has 3 aromatic carbocycles. The second kappa shape index (κ2) is 11.5. The van der Waals surface area contributed by atoms with Crippen molar-refractivity contribution in [3.8, 4) is 11.5 Å². The summed E-state index contributed by atoms with van der Waals surface area (Å²) in [6.45, 7) is 7.02. The third-order valence-corrected chi connectivity index (χ3v) is 7.58. The maximum atomic E-state index is 14.3. The Balaban J connectivity index is 1.37. The van der Waals surface area contributed by atoms with E-state index in [1.165, 1.54) is 11.6 Å². The van der Waals surface area contributed by atoms with E-state index in [9.17, 15) is 9.18 Å². The van der Waals surface area contributed by atoms with Crippen molar-refractivity contribution >= 4 is 17.3 Å². The monoisotopic (exact) mass is 530 g/mol. The first-order valence-corrected chi connectivity index (χ1v) is 13.3. The van der Waals surface area contributed by atoms with E-state index in [0.717, 1.165) is 22.4 Å². The quantitative estimate of drug-likeness (QED) is 0.432. The van der Waals surface area contributed by atoms with E-state index in [0.29, 0.717) is 49.8 Å². The van der Waals surface area contributed by atoms with Crippen molar-refractivity contribution in [2.75, 3.05) is 51.8 Å². The van der Waals surface area contributed by atoms with E-state index in [2.05, 4.69) is 36.9 Å². The number of hydrogen-bond donors (Lipinski definition) is 0. The number of hydrazone groups is 1. The van der Waals surface area contributed by atoms with Crippen molar-refractivity contribution in [3.05, 3.63) is 88.7 Å². The molecule has 0 bridgehead atoms. The number of nitrogens with zero attached hydrogens (tertiary/aromatic N) is 4. The maximum Gasteiger partial charge on any atom is 0.257 e. The highest BCUT2D eigenvalue weighted by atomic mass is 19.1. The van der Waals surface area contributed by atoms with Gasteiger partial charge in [0.2, 0.25) is 0 Å². The van der Waals surface area contributed by atoms with Gasteiger partial charge in [-0.1, -0.05) is 35.9 Å². The second-order valence-corrected chi connectivity index (χ2v) is 10.1. The molecule has 0 aliphatic carbocycles. The number of aryl methyl sites for hydroxylation is 2. The van der Waals surface area contributed by atoms with Gasteiger partial charge in [0.05, 0.1) is 38.2 Å². The van der Waals surface area contributed by atoms with Crippen molar-refractivity contribution < 1.29 is 18.7 Å². The minimum Gasteiger partial charge on any atom is -0.497 e. The van der Waals surface area contributed by atoms with Crippen LogP contribution in [0.15, 0.2) is 65.8 Å². The van der Waals surface area contributed by atoms with Gasteiger partial charge in [0.1, 0.15) is 17.3 Å². The summed E-state index contributed by atoms with van der Waals surface area (Å²) in [5, 5.41) is 6.52. The molecule has 1 saturated heterocycles. The number of piperazine rings is 1. The normalized spacial score (nSPS) is 17.8. The van der Waals surface area contributed by atoms with Crippen molar-refractivity contribution in [1.29, 1.82) is 0 Å². The predicted octanol–water partition coefficient (Wildman–Crippen LogP) is 4.96. The average molecular weight is 531 g/mol. The lowest BCUT2D eigenvalue weighted by Crippen LogP contribution is -2.49. The van der Waals surface area contributed by atoms with Gasteiger partial charge in [0.15, 0.2) is 0 Å². The first kappa shape index (κ1) is 26.7. The van der Waals surface area contributed by atoms with Crippen molar-refractivity contribution in [1.82, 2.24) is 9.91 Å². The molecule has 1 unspecified atom stereocenters. The molecule has 1 atom stereocenters. The zero-order chi connectivity index (χ0) is 27.5. The first-order valence-electron chi connectivity index (χ1n) is 13.3. The average Bonchev–Trinajstić information content (AvgIpc) is 3.38. The number of methoxy groups -OCH3 is 2. The largest absolute Gasteiger partial charge is 0.497 e. The molecule has 0 aromatic heterocycles. The summed E-state index contributed by atoms with van der Waals surface area (Å²) < 4.78 is 25.4. The van der Waals surface area contributed by atoms with Gasteiger partial charge < -0.3 is 14.4 Å². The standard InChI is InChI=1S/C31H35FN4O3/c1-21-9-11-24(22(2)17-21)27-19-29(25-12-10-23(38-3)18-30(25)39-4)36(33-27)31(37)20-34-13-15-35(16-14-34)28-8-6-5-7-26(28)32/h5-12,17-18,29H,13-16,19-20H2,1-4H3. The maximum absolute atomic E-state index is 14.3. The number of anilines is 1. The van der Waals surface area contributed by atoms with Gasteiger partial charge in [0, 0.05) is 49.8 Å². The summed E-state index contributed by atoms with van der Waals surface area (Å²) in [7, 11) is 3.24. The number of carbonyl (C=O) groups is 1. The van der Waals surface area contributed by atoms with Crippen LogP contribution in [0.25, 0.3) is 0 Å². The molecule has 0 radical (unpaired) electrons. The summed E-state index contributed by atoms with van der Waals surface area (Å²) >= 11 is 0. The molecular weight excluding hydrogens is 495 g/mol. The Kier molecular flexibility index (Phi) is 7.84. The van der Waals surface area contributed by atoms with Crippen molar-refractivity contribution in [2.45, 2.75) is 26.3 Å². The molecule has 8 heteroatoms. The molecule has 2 heterocycles. The molecule has 39 heavy (non-hydrogen) atoms. The first-order chi connectivity index (χ1) is 18.9. The molecule has 2 aliphatic heterocycles. The SMILES string of the molecule is COc1ccc(C2CC(c3ccc(C)cc3C)=NN2C(=O)CN2CCN(c3ccccc3F)CC2)c(OC)c1. The zero-order valence-corrected chi connectivity index (χ0v) is 23.0. The van der Waals surface area contributed by atoms with Crippen LogP contribution in [0.1, 0.15) is 34.7 Å². The fourth-order valence-corrected chi connectivity index (χ4v) is 5.50. The third kappa shape index (κ3) is 5.61. The van der Waals surface area contributed by atoms with E-state index in [1.54, 1.807) is 31.4 Å². The van der Waals surface area contributed by atoms with Crippen LogP contribution in [-0.2, 0) is 4.79 Å². The minimum atomic E-state index is -0.297. The van der Waals surface area contributed by atoms with Crippen molar-refractivity contribution in [2.24, 2.45) is 5.10 Å². The molecule has 0 spiro atoms. The number of rotatable bonds is 7. The van der Waals surface area contributed by atoms with Gasteiger partial charge in [0.25, 0.3) is 5.91 Å². The summed E-state index contributed by atoms with van der Waals surface area (Å²) in [4.78, 5) is 17.9. The molecule has 204 valence electrons. The lowest BCUT2D eigenvalue weighted by molar-refractivity contribution is -0.134. The smallest absolute Gasteiger partial charge is 0.257 e. The van der Waals surface area contributed by atoms with Crippen LogP contribution < -0.4 is 14.4 Å². The fraction of sp³-hybridized carbons (Fsp3) is 0.355. The van der Waals surface area contributed by atoms with Crippen LogP contribution in [0.5, 0.6) is 11.5 Å². The third-order valence-electron chi connectivity index (χ3n) is 7.58. The molecule has 1 fully saturated rings. The molecule has 2 aliphatic rings. The van der Waals surface area contributed by atoms with E-state index >= 15 is 0 Å². The number of halogens is 1. The minimum absolute atomic E-state index is 0.0722. The van der Waals surface area contributed by atoms with Crippen LogP contribution >= 0.6 is 0 Å². The molecule has 3 aromatic rings. The van der Waals surface area contributed by atoms with Gasteiger partial charge >= 0.3 is 0 Å². The molecule has 7 nitrogen and oxygen atoms in total. The Hall–Kier alpha value is -3.91. The fourth-order valence-electron chi connectivity index (χ4n) is 5.50. The number of benzene rings is 3. The van der Waals surface area contributed by atoms with Gasteiger partial charge in [-0.15, -0.1) is 0 Å². The summed E-state index contributed by atoms with van der Waals surface area (Å²) in [5.74, 6) is 1.06. The van der Waals surface area contributed by atoms with Crippen LogP contribution in [0.3, 0.4) is 0 Å². The highest BCUT2D eigenvalue weighted by molar-refractivity contribution is 6.04. The Morgan fingerprint density at radius 1 is 0.974 bits per heavy atom. The van der Waals surface area contributed by atoms with Crippen molar-refractivity contribution in [3.63, 3.8) is 0 Å². The summed E-state index contributed by atoms with van der Waals surface area (Å²) in [6.07, 6.45) is 0.583. The zero-order valence-electron chi connectivity index (χ0n) is 23.0. The van der Waals surface area contributed by atoms with E-state index in [-0.39, 0.29) is 24.3 Å². The Morgan fingerprint density at radius 2 is 1.74 bits per heavy atom. The molecule has 0 saturated carbocycles. The number of carbonyl (C=O) groups excluding carboxylic acids is 1. The Bertz CT molecular complexity index is 1380. The number of amides is 1. The van der Waals surface area contributed by atoms with Gasteiger partial charge in [-0.2, -0.15) is 5.10 Å². The second-order valence-electron chi connectivity index (χ2n) is 10.1. The number of hydrogen-bond acceptors (Lipinski definition) is 6. The highest BCUT2D eigenvalue weighted by Crippen LogP contribution is 2.39. The molecule has 0 N–H and O–H groups in total. The highest BCUT2D eigenvalue weighted by Gasteiger charge is 2.36. The van der Waals surface area contributed by atoms with E-state index < -0.39 is 0 Å². The summed E-state index contributed by atoms with van der Waals surface area (Å²) in [6, 6.07) is 18.5. The van der Waals surface area contributed by atoms with Crippen LogP contribution in [0.4, 0.5) is 10.1 Å². The van der Waals surface area contributed by atoms with E-state index in [4.69, 9.17) is 14.6 Å². The van der Waals surface area contributed by atoms with Gasteiger partial charge in [-0.25, -0.2) is 9.40 Å². The van der Waals surface area contributed by atoms with Gasteiger partial charge in [-0.3, -0.25) is 9.69 Å². The van der Waals surface area contributed by atoms with Crippen LogP contribution in [0, 0.1) is 19.7 Å². The number of ether oxygens (including phenoxy) is 2. The molecule has 5 rings (SSSR count). The molecule has 1 amide bonds. The van der Waals surface area contributed by atoms with Crippen LogP contribution in [0.2, 0.25) is 0 Å². The Labute approximate surface area is 229 Å². The van der Waals surface area contributed by atoms with Gasteiger partial charge in [-0.05, 0) is 43.7 Å². The lowest BCUT2D eigenvalue weighted by atomic mass is 9.94. The summed E-state index contributed by atoms with van der Waals surface area (Å²) in [5.41, 5.74) is 5.75. The molecular formula is C31H35FN4O3. The number of para-hydroxylation sites is 1. The van der Waals surface area contributed by atoms with Crippen LogP contribution in [-0.4, -0.2) is 68.5 Å². The Morgan fingerprint density at radius 3 is 2.44 bits per heavy atom.